The van der Waals surface area contributed by atoms with Crippen molar-refractivity contribution in [3.05, 3.63) is 0 Å². The van der Waals surface area contributed by atoms with Crippen molar-refractivity contribution in [1.29, 1.82) is 0 Å². The van der Waals surface area contributed by atoms with E-state index in [-0.39, 0.29) is 7.92 Å². The summed E-state index contributed by atoms with van der Waals surface area (Å²) < 4.78 is 0. The predicted octanol–water partition coefficient (Wildman–Crippen LogP) is 2.26. The van der Waals surface area contributed by atoms with Crippen molar-refractivity contribution in [2.45, 2.75) is 20.8 Å². The van der Waals surface area contributed by atoms with E-state index in [1.807, 2.05) is 0 Å². The zero-order valence-electron chi connectivity index (χ0n) is 5.62. The topological polar surface area (TPSA) is 0 Å². The summed E-state index contributed by atoms with van der Waals surface area (Å²) in [7, 11) is 0.137. The third kappa shape index (κ3) is 3.05. The van der Waals surface area contributed by atoms with Crippen molar-refractivity contribution in [3.63, 3.8) is 0 Å². The van der Waals surface area contributed by atoms with Crippen molar-refractivity contribution in [1.82, 2.24) is 0 Å². The van der Waals surface area contributed by atoms with Gasteiger partial charge in [0.2, 0.25) is 0 Å². The molecule has 0 saturated carbocycles. The lowest BCUT2D eigenvalue weighted by atomic mass is 10.9. The third-order valence-electron chi connectivity index (χ3n) is 1.50. The highest BCUT2D eigenvalue weighted by Gasteiger charge is 2.03. The Morgan fingerprint density at radius 1 is 0.857 bits per heavy atom. The van der Waals surface area contributed by atoms with Crippen molar-refractivity contribution in [2.75, 3.05) is 18.5 Å². The fourth-order valence-corrected chi connectivity index (χ4v) is 2.25. The summed E-state index contributed by atoms with van der Waals surface area (Å²) in [6.07, 6.45) is 4.37. The summed E-state index contributed by atoms with van der Waals surface area (Å²) in [6, 6.07) is 0. The smallest absolute Gasteiger partial charge is 0.0313 e. The molecule has 0 bridgehead atoms. The minimum atomic E-state index is 0.137. The first kappa shape index (κ1) is 7.43. The Morgan fingerprint density at radius 3 is 1.14 bits per heavy atom. The highest BCUT2D eigenvalue weighted by Crippen LogP contribution is 2.32. The summed E-state index contributed by atoms with van der Waals surface area (Å²) in [5, 5.41) is 0. The Balaban J connectivity index is 2.99. The van der Waals surface area contributed by atoms with E-state index in [2.05, 4.69) is 20.8 Å². The van der Waals surface area contributed by atoms with Gasteiger partial charge in [0.15, 0.2) is 0 Å². The molecular formula is C6H16P+. The second-order valence-corrected chi connectivity index (χ2v) is 5.43. The fraction of sp³-hybridized carbons (Fsp3) is 1.00. The Labute approximate surface area is 48.1 Å². The third-order valence-corrected chi connectivity index (χ3v) is 4.50. The number of rotatable bonds is 3. The van der Waals surface area contributed by atoms with Gasteiger partial charge in [-0.2, -0.15) is 0 Å². The normalized spacial score (nSPS) is 10.3. The molecule has 0 nitrogen and oxygen atoms in total. The van der Waals surface area contributed by atoms with Crippen molar-refractivity contribution < 1.29 is 0 Å². The van der Waals surface area contributed by atoms with Crippen LogP contribution in [0.5, 0.6) is 0 Å². The van der Waals surface area contributed by atoms with Crippen LogP contribution in [0, 0.1) is 0 Å². The SMILES string of the molecule is CC[PH+](CC)CC. The second-order valence-electron chi connectivity index (χ2n) is 1.81. The Kier molecular flexibility index (Phi) is 4.87. The first-order valence-corrected chi connectivity index (χ1v) is 5.30. The van der Waals surface area contributed by atoms with E-state index < -0.39 is 0 Å². The van der Waals surface area contributed by atoms with E-state index in [4.69, 9.17) is 0 Å². The fourth-order valence-electron chi connectivity index (χ4n) is 0.750. The predicted molar refractivity (Wildman–Crippen MR) is 39.9 cm³/mol. The molecule has 0 atom stereocenters. The molecule has 0 aliphatic rings. The van der Waals surface area contributed by atoms with Gasteiger partial charge in [0.25, 0.3) is 0 Å². The summed E-state index contributed by atoms with van der Waals surface area (Å²) in [5.41, 5.74) is 0. The molecule has 0 aliphatic heterocycles. The van der Waals surface area contributed by atoms with Gasteiger partial charge >= 0.3 is 0 Å². The van der Waals surface area contributed by atoms with Gasteiger partial charge in [0.05, 0.1) is 18.5 Å². The van der Waals surface area contributed by atoms with Gasteiger partial charge in [-0.25, -0.2) is 0 Å². The summed E-state index contributed by atoms with van der Waals surface area (Å²) in [4.78, 5) is 0. The minimum Gasteiger partial charge on any atom is -0.0313 e. The Morgan fingerprint density at radius 2 is 1.14 bits per heavy atom. The van der Waals surface area contributed by atoms with E-state index >= 15 is 0 Å². The summed E-state index contributed by atoms with van der Waals surface area (Å²) >= 11 is 0. The van der Waals surface area contributed by atoms with Crippen LogP contribution in [-0.2, 0) is 0 Å². The first-order valence-electron chi connectivity index (χ1n) is 3.18. The molecule has 0 heterocycles. The lowest BCUT2D eigenvalue weighted by Crippen LogP contribution is -1.83. The lowest BCUT2D eigenvalue weighted by molar-refractivity contribution is 1.35. The van der Waals surface area contributed by atoms with Gasteiger partial charge in [-0.15, -0.1) is 0 Å². The first-order chi connectivity index (χ1) is 3.35. The Hall–Kier alpha value is 0.430. The average molecular weight is 119 g/mol. The molecule has 0 aromatic heterocycles. The maximum Gasteiger partial charge on any atom is 0.0543 e. The molecule has 44 valence electrons. The van der Waals surface area contributed by atoms with E-state index in [9.17, 15) is 0 Å². The van der Waals surface area contributed by atoms with Crippen LogP contribution in [0.4, 0.5) is 0 Å². The highest BCUT2D eigenvalue weighted by atomic mass is 31.1. The van der Waals surface area contributed by atoms with Crippen molar-refractivity contribution in [2.24, 2.45) is 0 Å². The van der Waals surface area contributed by atoms with E-state index in [0.29, 0.717) is 0 Å². The standard InChI is InChI=1S/C6H15P/c1-4-7(5-2)6-3/h4-6H2,1-3H3/p+1. The maximum absolute atomic E-state index is 2.31. The molecule has 0 aromatic carbocycles. The molecule has 0 amide bonds. The molecule has 0 saturated heterocycles. The quantitative estimate of drug-likeness (QED) is 0.500. The lowest BCUT2D eigenvalue weighted by Gasteiger charge is -1.98. The highest BCUT2D eigenvalue weighted by molar-refractivity contribution is 7.57. The van der Waals surface area contributed by atoms with E-state index in [0.717, 1.165) is 0 Å². The van der Waals surface area contributed by atoms with Crippen molar-refractivity contribution >= 4 is 7.92 Å². The minimum absolute atomic E-state index is 0.137. The van der Waals surface area contributed by atoms with Gasteiger partial charge in [-0.3, -0.25) is 0 Å². The molecule has 0 rings (SSSR count). The summed E-state index contributed by atoms with van der Waals surface area (Å²) in [5.74, 6) is 0. The molecule has 0 spiro atoms. The Bertz CT molecular complexity index is 25.7. The number of hydrogen-bond donors (Lipinski definition) is 0. The van der Waals surface area contributed by atoms with Crippen LogP contribution in [0.2, 0.25) is 0 Å². The molecule has 0 N–H and O–H groups in total. The van der Waals surface area contributed by atoms with Crippen LogP contribution in [0.25, 0.3) is 0 Å². The van der Waals surface area contributed by atoms with Crippen molar-refractivity contribution in [3.8, 4) is 0 Å². The summed E-state index contributed by atoms with van der Waals surface area (Å²) in [6.45, 7) is 6.92. The largest absolute Gasteiger partial charge is 0.0543 e. The van der Waals surface area contributed by atoms with E-state index in [1.165, 1.54) is 18.5 Å². The molecule has 0 aromatic rings. The van der Waals surface area contributed by atoms with Gasteiger partial charge in [0, 0.05) is 0 Å². The molecule has 0 aliphatic carbocycles. The molecule has 0 fully saturated rings. The monoisotopic (exact) mass is 119 g/mol. The zero-order chi connectivity index (χ0) is 5.70. The molecule has 7 heavy (non-hydrogen) atoms. The van der Waals surface area contributed by atoms with Crippen LogP contribution < -0.4 is 0 Å². The van der Waals surface area contributed by atoms with Crippen LogP contribution in [-0.4, -0.2) is 18.5 Å². The van der Waals surface area contributed by atoms with Crippen LogP contribution in [0.1, 0.15) is 20.8 Å². The van der Waals surface area contributed by atoms with E-state index in [1.54, 1.807) is 0 Å². The van der Waals surface area contributed by atoms with Gasteiger partial charge in [-0.05, 0) is 28.7 Å². The van der Waals surface area contributed by atoms with Crippen LogP contribution in [0.3, 0.4) is 0 Å². The van der Waals surface area contributed by atoms with Gasteiger partial charge in [-0.1, -0.05) is 0 Å². The molecular weight excluding hydrogens is 103 g/mol. The van der Waals surface area contributed by atoms with Gasteiger partial charge < -0.3 is 0 Å². The van der Waals surface area contributed by atoms with Gasteiger partial charge in [0.1, 0.15) is 0 Å². The maximum atomic E-state index is 2.31. The average Bonchev–Trinajstić information content (AvgIpc) is 1.72. The molecule has 0 radical (unpaired) electrons. The van der Waals surface area contributed by atoms with Crippen LogP contribution in [0.15, 0.2) is 0 Å². The molecule has 1 heteroatoms. The van der Waals surface area contributed by atoms with Crippen LogP contribution >= 0.6 is 7.92 Å². The molecule has 0 unspecified atom stereocenters. The zero-order valence-corrected chi connectivity index (χ0v) is 6.62. The number of hydrogen-bond acceptors (Lipinski definition) is 0. The second kappa shape index (κ2) is 4.59.